The molecule has 2 aromatic rings. The zero-order chi connectivity index (χ0) is 19.7. The monoisotopic (exact) mass is 366 g/mol. The molecule has 0 radical (unpaired) electrons. The second-order valence-corrected chi connectivity index (χ2v) is 6.15. The van der Waals surface area contributed by atoms with Crippen LogP contribution in [0.3, 0.4) is 0 Å². The van der Waals surface area contributed by atoms with Gasteiger partial charge in [-0.15, -0.1) is 0 Å². The predicted molar refractivity (Wildman–Crippen MR) is 99.6 cm³/mol. The summed E-state index contributed by atoms with van der Waals surface area (Å²) < 4.78 is 5.01. The zero-order valence-electron chi connectivity index (χ0n) is 15.1. The number of amides is 4. The number of ether oxygens (including phenoxy) is 1. The lowest BCUT2D eigenvalue weighted by Crippen LogP contribution is -2.54. The van der Waals surface area contributed by atoms with Crippen LogP contribution in [0.15, 0.2) is 42.0 Å². The van der Waals surface area contributed by atoms with Crippen LogP contribution in [0.4, 0.5) is 10.5 Å². The highest BCUT2D eigenvalue weighted by Crippen LogP contribution is 2.28. The number of barbiturate groups is 1. The van der Waals surface area contributed by atoms with E-state index in [4.69, 9.17) is 4.74 Å². The van der Waals surface area contributed by atoms with E-state index in [9.17, 15) is 19.5 Å². The van der Waals surface area contributed by atoms with E-state index >= 15 is 0 Å². The number of rotatable bonds is 3. The lowest BCUT2D eigenvalue weighted by Gasteiger charge is -2.26. The maximum absolute atomic E-state index is 12.9. The Kier molecular flexibility index (Phi) is 4.68. The van der Waals surface area contributed by atoms with Crippen molar-refractivity contribution in [1.29, 1.82) is 0 Å². The van der Waals surface area contributed by atoms with Gasteiger partial charge in [-0.05, 0) is 55.3 Å². The SMILES string of the molecule is COc1ccc(/C=C2\C(=O)NC(=O)N(c3ccc(C)c(C)c3)C2=O)c(O)c1. The summed E-state index contributed by atoms with van der Waals surface area (Å²) in [6.07, 6.45) is 1.24. The normalized spacial score (nSPS) is 15.9. The molecule has 138 valence electrons. The fourth-order valence-electron chi connectivity index (χ4n) is 2.68. The van der Waals surface area contributed by atoms with E-state index in [1.165, 1.54) is 25.3 Å². The molecule has 0 saturated carbocycles. The topological polar surface area (TPSA) is 95.9 Å². The summed E-state index contributed by atoms with van der Waals surface area (Å²) in [4.78, 5) is 38.2. The van der Waals surface area contributed by atoms with Crippen molar-refractivity contribution >= 4 is 29.6 Å². The van der Waals surface area contributed by atoms with Crippen molar-refractivity contribution in [3.8, 4) is 11.5 Å². The summed E-state index contributed by atoms with van der Waals surface area (Å²) in [7, 11) is 1.46. The summed E-state index contributed by atoms with van der Waals surface area (Å²) in [5.41, 5.74) is 2.27. The van der Waals surface area contributed by atoms with Crippen molar-refractivity contribution in [2.24, 2.45) is 0 Å². The molecular weight excluding hydrogens is 348 g/mol. The van der Waals surface area contributed by atoms with Gasteiger partial charge in [-0.2, -0.15) is 0 Å². The third kappa shape index (κ3) is 3.39. The molecule has 1 saturated heterocycles. The highest BCUT2D eigenvalue weighted by Gasteiger charge is 2.37. The predicted octanol–water partition coefficient (Wildman–Crippen LogP) is 2.68. The first-order chi connectivity index (χ1) is 12.8. The average Bonchev–Trinajstić information content (AvgIpc) is 2.62. The zero-order valence-corrected chi connectivity index (χ0v) is 15.1. The standard InChI is InChI=1S/C20H18N2O5/c1-11-4-6-14(8-12(11)2)22-19(25)16(18(24)21-20(22)26)9-13-5-7-15(27-3)10-17(13)23/h4-10,23H,1-3H3,(H,21,24,26)/b16-9+. The summed E-state index contributed by atoms with van der Waals surface area (Å²) in [6, 6.07) is 8.78. The number of carbonyl (C=O) groups excluding carboxylic acids is 3. The molecule has 0 spiro atoms. The average molecular weight is 366 g/mol. The molecule has 1 heterocycles. The third-order valence-electron chi connectivity index (χ3n) is 4.39. The van der Waals surface area contributed by atoms with Crippen molar-refractivity contribution in [1.82, 2.24) is 5.32 Å². The Morgan fingerprint density at radius 3 is 2.41 bits per heavy atom. The highest BCUT2D eigenvalue weighted by molar-refractivity contribution is 6.39. The van der Waals surface area contributed by atoms with Gasteiger partial charge in [-0.1, -0.05) is 6.07 Å². The molecule has 1 aliphatic rings. The summed E-state index contributed by atoms with van der Waals surface area (Å²) >= 11 is 0. The lowest BCUT2D eigenvalue weighted by molar-refractivity contribution is -0.122. The smallest absolute Gasteiger partial charge is 0.335 e. The quantitative estimate of drug-likeness (QED) is 0.643. The number of benzene rings is 2. The van der Waals surface area contributed by atoms with Crippen LogP contribution in [-0.4, -0.2) is 30.1 Å². The van der Waals surface area contributed by atoms with Gasteiger partial charge in [0.05, 0.1) is 12.8 Å². The van der Waals surface area contributed by atoms with E-state index in [0.717, 1.165) is 16.0 Å². The largest absolute Gasteiger partial charge is 0.507 e. The van der Waals surface area contributed by atoms with Gasteiger partial charge < -0.3 is 9.84 Å². The number of methoxy groups -OCH3 is 1. The Hall–Kier alpha value is -3.61. The molecule has 0 aliphatic carbocycles. The minimum atomic E-state index is -0.819. The van der Waals surface area contributed by atoms with E-state index in [-0.39, 0.29) is 16.9 Å². The second-order valence-electron chi connectivity index (χ2n) is 6.15. The molecule has 0 aromatic heterocycles. The number of anilines is 1. The molecule has 1 aliphatic heterocycles. The fourth-order valence-corrected chi connectivity index (χ4v) is 2.68. The first-order valence-electron chi connectivity index (χ1n) is 8.17. The van der Waals surface area contributed by atoms with Crippen LogP contribution in [-0.2, 0) is 9.59 Å². The van der Waals surface area contributed by atoms with Crippen LogP contribution in [0.1, 0.15) is 16.7 Å². The fraction of sp³-hybridized carbons (Fsp3) is 0.150. The molecule has 2 N–H and O–H groups in total. The summed E-state index contributed by atoms with van der Waals surface area (Å²) in [5.74, 6) is -1.30. The van der Waals surface area contributed by atoms with Crippen LogP contribution < -0.4 is 15.0 Å². The lowest BCUT2D eigenvalue weighted by atomic mass is 10.0. The van der Waals surface area contributed by atoms with Crippen LogP contribution >= 0.6 is 0 Å². The van der Waals surface area contributed by atoms with Crippen molar-refractivity contribution < 1.29 is 24.2 Å². The van der Waals surface area contributed by atoms with Crippen molar-refractivity contribution in [2.75, 3.05) is 12.0 Å². The number of hydrogen-bond donors (Lipinski definition) is 2. The number of aromatic hydroxyl groups is 1. The van der Waals surface area contributed by atoms with Gasteiger partial charge in [0, 0.05) is 11.6 Å². The summed E-state index contributed by atoms with van der Waals surface area (Å²) in [6.45, 7) is 3.78. The number of nitrogens with zero attached hydrogens (tertiary/aromatic N) is 1. The van der Waals surface area contributed by atoms with Gasteiger partial charge in [0.2, 0.25) is 0 Å². The molecule has 0 bridgehead atoms. The molecule has 27 heavy (non-hydrogen) atoms. The first-order valence-corrected chi connectivity index (χ1v) is 8.17. The van der Waals surface area contributed by atoms with Gasteiger partial charge in [0.1, 0.15) is 17.1 Å². The number of carbonyl (C=O) groups is 3. The second kappa shape index (κ2) is 6.95. The van der Waals surface area contributed by atoms with Crippen molar-refractivity contribution in [3.05, 3.63) is 58.7 Å². The third-order valence-corrected chi connectivity index (χ3v) is 4.39. The molecule has 0 unspecified atom stereocenters. The number of urea groups is 1. The van der Waals surface area contributed by atoms with Gasteiger partial charge in [-0.3, -0.25) is 14.9 Å². The molecule has 4 amide bonds. The Bertz CT molecular complexity index is 994. The van der Waals surface area contributed by atoms with Gasteiger partial charge >= 0.3 is 6.03 Å². The number of imide groups is 2. The van der Waals surface area contributed by atoms with E-state index in [0.29, 0.717) is 11.4 Å². The Morgan fingerprint density at radius 2 is 1.78 bits per heavy atom. The molecular formula is C20H18N2O5. The van der Waals surface area contributed by atoms with Gasteiger partial charge in [0.25, 0.3) is 11.8 Å². The van der Waals surface area contributed by atoms with Gasteiger partial charge in [-0.25, -0.2) is 9.69 Å². The van der Waals surface area contributed by atoms with Crippen molar-refractivity contribution in [2.45, 2.75) is 13.8 Å². The van der Waals surface area contributed by atoms with Crippen LogP contribution in [0.2, 0.25) is 0 Å². The van der Waals surface area contributed by atoms with Crippen LogP contribution in [0.5, 0.6) is 11.5 Å². The Labute approximate surface area is 155 Å². The molecule has 2 aromatic carbocycles. The Morgan fingerprint density at radius 1 is 1.04 bits per heavy atom. The summed E-state index contributed by atoms with van der Waals surface area (Å²) in [5, 5.41) is 12.2. The molecule has 7 heteroatoms. The number of aryl methyl sites for hydroxylation is 2. The number of hydrogen-bond acceptors (Lipinski definition) is 5. The molecule has 3 rings (SSSR count). The molecule has 0 atom stereocenters. The van der Waals surface area contributed by atoms with E-state index in [2.05, 4.69) is 5.32 Å². The van der Waals surface area contributed by atoms with E-state index in [1.54, 1.807) is 24.3 Å². The van der Waals surface area contributed by atoms with Crippen LogP contribution in [0, 0.1) is 13.8 Å². The first kappa shape index (κ1) is 18.2. The van der Waals surface area contributed by atoms with E-state index in [1.807, 2.05) is 13.8 Å². The number of nitrogens with one attached hydrogen (secondary N) is 1. The van der Waals surface area contributed by atoms with Gasteiger partial charge in [0.15, 0.2) is 0 Å². The van der Waals surface area contributed by atoms with E-state index < -0.39 is 17.8 Å². The van der Waals surface area contributed by atoms with Crippen LogP contribution in [0.25, 0.3) is 6.08 Å². The van der Waals surface area contributed by atoms with Crippen molar-refractivity contribution in [3.63, 3.8) is 0 Å². The minimum Gasteiger partial charge on any atom is -0.507 e. The molecule has 1 fully saturated rings. The Balaban J connectivity index is 2.03. The maximum Gasteiger partial charge on any atom is 0.335 e. The number of phenolic OH excluding ortho intramolecular Hbond substituents is 1. The maximum atomic E-state index is 12.9. The number of phenols is 1. The molecule has 7 nitrogen and oxygen atoms in total. The highest BCUT2D eigenvalue weighted by atomic mass is 16.5. The minimum absolute atomic E-state index is 0.155.